The van der Waals surface area contributed by atoms with E-state index in [-0.39, 0.29) is 12.0 Å². The lowest BCUT2D eigenvalue weighted by atomic mass is 10.2. The van der Waals surface area contributed by atoms with E-state index in [0.717, 1.165) is 36.4 Å². The zero-order valence-corrected chi connectivity index (χ0v) is 17.8. The van der Waals surface area contributed by atoms with Crippen molar-refractivity contribution in [3.63, 3.8) is 0 Å². The molecule has 0 aliphatic carbocycles. The van der Waals surface area contributed by atoms with Crippen LogP contribution in [0.15, 0.2) is 54.6 Å². The van der Waals surface area contributed by atoms with Gasteiger partial charge in [0.2, 0.25) is 0 Å². The number of nitrogens with one attached hydrogen (secondary N) is 1. The van der Waals surface area contributed by atoms with Crippen LogP contribution in [0.3, 0.4) is 0 Å². The van der Waals surface area contributed by atoms with Crippen LogP contribution in [0.1, 0.15) is 34.6 Å². The van der Waals surface area contributed by atoms with Gasteiger partial charge in [-0.2, -0.15) is 5.10 Å². The van der Waals surface area contributed by atoms with E-state index >= 15 is 0 Å². The third-order valence-electron chi connectivity index (χ3n) is 5.25. The topological polar surface area (TPSA) is 74.6 Å². The van der Waals surface area contributed by atoms with E-state index in [0.29, 0.717) is 30.3 Å². The van der Waals surface area contributed by atoms with Crippen molar-refractivity contribution in [1.82, 2.24) is 15.1 Å². The largest absolute Gasteiger partial charge is 0.493 e. The molecule has 2 heterocycles. The molecule has 0 bridgehead atoms. The fourth-order valence-corrected chi connectivity index (χ4v) is 3.59. The molecular formula is C24H27N3O4. The van der Waals surface area contributed by atoms with Crippen LogP contribution >= 0.6 is 0 Å². The Morgan fingerprint density at radius 2 is 2.03 bits per heavy atom. The van der Waals surface area contributed by atoms with Crippen LogP contribution in [0.5, 0.6) is 11.5 Å². The molecule has 1 aliphatic heterocycles. The van der Waals surface area contributed by atoms with Gasteiger partial charge in [-0.1, -0.05) is 24.3 Å². The SMILES string of the molecule is COc1cc(CNC(=O)c2cc(C)n(-c3ccccc3)n2)ccc1OCC1CCCO1. The summed E-state index contributed by atoms with van der Waals surface area (Å²) in [6.45, 7) is 3.60. The molecule has 2 aromatic carbocycles. The first-order valence-electron chi connectivity index (χ1n) is 10.5. The minimum atomic E-state index is -0.226. The van der Waals surface area contributed by atoms with Crippen molar-refractivity contribution in [3.8, 4) is 17.2 Å². The van der Waals surface area contributed by atoms with E-state index < -0.39 is 0 Å². The third-order valence-corrected chi connectivity index (χ3v) is 5.25. The maximum Gasteiger partial charge on any atom is 0.272 e. The molecular weight excluding hydrogens is 394 g/mol. The minimum absolute atomic E-state index is 0.142. The van der Waals surface area contributed by atoms with Crippen LogP contribution in [0.2, 0.25) is 0 Å². The lowest BCUT2D eigenvalue weighted by molar-refractivity contribution is 0.0669. The zero-order valence-electron chi connectivity index (χ0n) is 17.8. The number of ether oxygens (including phenoxy) is 3. The van der Waals surface area contributed by atoms with E-state index in [1.807, 2.05) is 55.5 Å². The number of benzene rings is 2. The van der Waals surface area contributed by atoms with Gasteiger partial charge in [0.1, 0.15) is 6.61 Å². The normalized spacial score (nSPS) is 15.6. The summed E-state index contributed by atoms with van der Waals surface area (Å²) >= 11 is 0. The summed E-state index contributed by atoms with van der Waals surface area (Å²) in [5.41, 5.74) is 3.10. The molecule has 7 nitrogen and oxygen atoms in total. The van der Waals surface area contributed by atoms with Gasteiger partial charge in [0.25, 0.3) is 5.91 Å². The van der Waals surface area contributed by atoms with Crippen LogP contribution < -0.4 is 14.8 Å². The summed E-state index contributed by atoms with van der Waals surface area (Å²) in [5.74, 6) is 1.08. The van der Waals surface area contributed by atoms with Gasteiger partial charge in [0.05, 0.1) is 18.9 Å². The number of para-hydroxylation sites is 1. The van der Waals surface area contributed by atoms with Crippen molar-refractivity contribution in [2.45, 2.75) is 32.4 Å². The maximum atomic E-state index is 12.6. The first-order chi connectivity index (χ1) is 15.1. The number of nitrogens with zero attached hydrogens (tertiary/aromatic N) is 2. The van der Waals surface area contributed by atoms with Crippen LogP contribution in [0.25, 0.3) is 5.69 Å². The molecule has 7 heteroatoms. The molecule has 3 aromatic rings. The number of carbonyl (C=O) groups is 1. The summed E-state index contributed by atoms with van der Waals surface area (Å²) < 4.78 is 18.7. The van der Waals surface area contributed by atoms with Gasteiger partial charge in [-0.05, 0) is 55.7 Å². The van der Waals surface area contributed by atoms with Crippen molar-refractivity contribution in [2.24, 2.45) is 0 Å². The highest BCUT2D eigenvalue weighted by Gasteiger charge is 2.17. The fraction of sp³-hybridized carbons (Fsp3) is 0.333. The van der Waals surface area contributed by atoms with Crippen molar-refractivity contribution in [3.05, 3.63) is 71.5 Å². The molecule has 1 saturated heterocycles. The molecule has 1 unspecified atom stereocenters. The van der Waals surface area contributed by atoms with E-state index in [4.69, 9.17) is 14.2 Å². The molecule has 1 fully saturated rings. The summed E-state index contributed by atoms with van der Waals surface area (Å²) in [7, 11) is 1.61. The number of rotatable bonds is 8. The van der Waals surface area contributed by atoms with Gasteiger partial charge in [-0.15, -0.1) is 0 Å². The Labute approximate surface area is 181 Å². The molecule has 1 amide bonds. The van der Waals surface area contributed by atoms with Crippen LogP contribution in [0.4, 0.5) is 0 Å². The smallest absolute Gasteiger partial charge is 0.272 e. The molecule has 0 spiro atoms. The summed E-state index contributed by atoms with van der Waals surface area (Å²) in [5, 5.41) is 7.37. The number of aromatic nitrogens is 2. The van der Waals surface area contributed by atoms with Crippen LogP contribution in [-0.4, -0.2) is 42.1 Å². The van der Waals surface area contributed by atoms with Crippen molar-refractivity contribution in [2.75, 3.05) is 20.3 Å². The van der Waals surface area contributed by atoms with Crippen molar-refractivity contribution >= 4 is 5.91 Å². The second-order valence-corrected chi connectivity index (χ2v) is 7.53. The van der Waals surface area contributed by atoms with Gasteiger partial charge >= 0.3 is 0 Å². The molecule has 4 rings (SSSR count). The van der Waals surface area contributed by atoms with E-state index in [1.165, 1.54) is 0 Å². The first-order valence-corrected chi connectivity index (χ1v) is 10.5. The number of methoxy groups -OCH3 is 1. The average Bonchev–Trinajstić information content (AvgIpc) is 3.46. The average molecular weight is 421 g/mol. The minimum Gasteiger partial charge on any atom is -0.493 e. The van der Waals surface area contributed by atoms with E-state index in [1.54, 1.807) is 17.9 Å². The maximum absolute atomic E-state index is 12.6. The van der Waals surface area contributed by atoms with Gasteiger partial charge in [0.15, 0.2) is 17.2 Å². The standard InChI is InChI=1S/C24H27N3O4/c1-17-13-21(26-27(17)19-7-4-3-5-8-19)24(28)25-15-18-10-11-22(23(14-18)29-2)31-16-20-9-6-12-30-20/h3-5,7-8,10-11,13-14,20H,6,9,12,15-16H2,1-2H3,(H,25,28). The number of hydrogen-bond acceptors (Lipinski definition) is 5. The van der Waals surface area contributed by atoms with Crippen molar-refractivity contribution < 1.29 is 19.0 Å². The van der Waals surface area contributed by atoms with Gasteiger partial charge in [0, 0.05) is 18.8 Å². The Bertz CT molecular complexity index is 1030. The number of amides is 1. The van der Waals surface area contributed by atoms with Crippen LogP contribution in [0, 0.1) is 6.92 Å². The quantitative estimate of drug-likeness (QED) is 0.601. The Kier molecular flexibility index (Phi) is 6.52. The summed E-state index contributed by atoms with van der Waals surface area (Å²) in [4.78, 5) is 12.6. The molecule has 1 atom stereocenters. The first kappa shape index (κ1) is 20.9. The van der Waals surface area contributed by atoms with Gasteiger partial charge in [-0.3, -0.25) is 4.79 Å². The Morgan fingerprint density at radius 1 is 1.19 bits per heavy atom. The van der Waals surface area contributed by atoms with E-state index in [9.17, 15) is 4.79 Å². The monoisotopic (exact) mass is 421 g/mol. The molecule has 1 N–H and O–H groups in total. The molecule has 0 radical (unpaired) electrons. The van der Waals surface area contributed by atoms with E-state index in [2.05, 4.69) is 10.4 Å². The number of aryl methyl sites for hydroxylation is 1. The zero-order chi connectivity index (χ0) is 21.6. The second-order valence-electron chi connectivity index (χ2n) is 7.53. The molecule has 1 aliphatic rings. The summed E-state index contributed by atoms with van der Waals surface area (Å²) in [6.07, 6.45) is 2.24. The lowest BCUT2D eigenvalue weighted by Gasteiger charge is -2.15. The number of hydrogen-bond donors (Lipinski definition) is 1. The highest BCUT2D eigenvalue weighted by atomic mass is 16.5. The predicted molar refractivity (Wildman–Crippen MR) is 117 cm³/mol. The Hall–Kier alpha value is -3.32. The third kappa shape index (κ3) is 5.06. The molecule has 0 saturated carbocycles. The Morgan fingerprint density at radius 3 is 2.77 bits per heavy atom. The van der Waals surface area contributed by atoms with Gasteiger partial charge in [-0.25, -0.2) is 4.68 Å². The Balaban J connectivity index is 1.38. The molecule has 162 valence electrons. The highest BCUT2D eigenvalue weighted by Crippen LogP contribution is 2.29. The van der Waals surface area contributed by atoms with Crippen LogP contribution in [-0.2, 0) is 11.3 Å². The summed E-state index contributed by atoms with van der Waals surface area (Å²) in [6, 6.07) is 17.2. The fourth-order valence-electron chi connectivity index (χ4n) is 3.59. The van der Waals surface area contributed by atoms with Gasteiger partial charge < -0.3 is 19.5 Å². The van der Waals surface area contributed by atoms with Crippen molar-refractivity contribution in [1.29, 1.82) is 0 Å². The highest BCUT2D eigenvalue weighted by molar-refractivity contribution is 5.92. The molecule has 31 heavy (non-hydrogen) atoms. The number of carbonyl (C=O) groups excluding carboxylic acids is 1. The second kappa shape index (κ2) is 9.66. The molecule has 1 aromatic heterocycles. The predicted octanol–water partition coefficient (Wildman–Crippen LogP) is 3.68. The lowest BCUT2D eigenvalue weighted by Crippen LogP contribution is -2.23.